The van der Waals surface area contributed by atoms with Crippen molar-refractivity contribution in [3.05, 3.63) is 18.2 Å². The van der Waals surface area contributed by atoms with Crippen LogP contribution in [0.1, 0.15) is 58.3 Å². The summed E-state index contributed by atoms with van der Waals surface area (Å²) in [6.45, 7) is 12.0. The fraction of sp³-hybridized carbons (Fsp3) is 0.800. The second kappa shape index (κ2) is 5.63. The summed E-state index contributed by atoms with van der Waals surface area (Å²) in [7, 11) is 0. The smallest absolute Gasteiger partial charge is 0.0951 e. The first-order valence-electron chi connectivity index (χ1n) is 7.40. The van der Waals surface area contributed by atoms with Gasteiger partial charge in [-0.25, -0.2) is 4.98 Å². The van der Waals surface area contributed by atoms with Gasteiger partial charge in [0.25, 0.3) is 0 Å². The van der Waals surface area contributed by atoms with Crippen LogP contribution in [0, 0.1) is 5.41 Å². The van der Waals surface area contributed by atoms with Crippen molar-refractivity contribution < 1.29 is 0 Å². The summed E-state index contributed by atoms with van der Waals surface area (Å²) in [6.07, 6.45) is 6.49. The molecule has 1 aromatic rings. The number of nitrogens with zero attached hydrogens (tertiary/aromatic N) is 3. The average molecular weight is 264 g/mol. The van der Waals surface area contributed by atoms with E-state index in [1.807, 2.05) is 12.5 Å². The highest BCUT2D eigenvalue weighted by Crippen LogP contribution is 2.33. The van der Waals surface area contributed by atoms with Gasteiger partial charge in [-0.2, -0.15) is 0 Å². The molecule has 0 radical (unpaired) electrons. The fourth-order valence-corrected chi connectivity index (χ4v) is 3.20. The summed E-state index contributed by atoms with van der Waals surface area (Å²) in [5.41, 5.74) is 7.73. The molecule has 1 aliphatic rings. The molecule has 1 unspecified atom stereocenters. The van der Waals surface area contributed by atoms with Gasteiger partial charge in [-0.3, -0.25) is 4.90 Å². The molecular formula is C15H28N4. The molecule has 2 N–H and O–H groups in total. The molecule has 0 saturated carbocycles. The number of nitrogens with two attached hydrogens (primary N) is 1. The molecule has 0 spiro atoms. The maximum atomic E-state index is 6.07. The third-order valence-electron chi connectivity index (χ3n) is 4.19. The van der Waals surface area contributed by atoms with Crippen LogP contribution in [0.2, 0.25) is 0 Å². The van der Waals surface area contributed by atoms with Crippen LogP contribution >= 0.6 is 0 Å². The predicted octanol–water partition coefficient (Wildman–Crippen LogP) is 2.59. The van der Waals surface area contributed by atoms with Gasteiger partial charge in [-0.1, -0.05) is 13.8 Å². The number of likely N-dealkylation sites (tertiary alicyclic amines) is 1. The van der Waals surface area contributed by atoms with Gasteiger partial charge >= 0.3 is 0 Å². The number of piperidine rings is 1. The summed E-state index contributed by atoms with van der Waals surface area (Å²) < 4.78 is 2.25. The lowest BCUT2D eigenvalue weighted by Crippen LogP contribution is -2.44. The van der Waals surface area contributed by atoms with E-state index in [9.17, 15) is 0 Å². The summed E-state index contributed by atoms with van der Waals surface area (Å²) in [5, 5.41) is 0. The Hall–Kier alpha value is -0.870. The molecule has 108 valence electrons. The summed E-state index contributed by atoms with van der Waals surface area (Å²) in [6, 6.07) is 0.730. The molecule has 2 heterocycles. The highest BCUT2D eigenvalue weighted by Gasteiger charge is 2.32. The van der Waals surface area contributed by atoms with Crippen molar-refractivity contribution in [3.8, 4) is 0 Å². The van der Waals surface area contributed by atoms with Gasteiger partial charge in [-0.05, 0) is 38.6 Å². The van der Waals surface area contributed by atoms with Crippen molar-refractivity contribution in [1.82, 2.24) is 14.5 Å². The first-order valence-corrected chi connectivity index (χ1v) is 7.40. The minimum atomic E-state index is 0.296. The number of hydrogen-bond acceptors (Lipinski definition) is 3. The largest absolute Gasteiger partial charge is 0.331 e. The zero-order chi connectivity index (χ0) is 14.0. The molecule has 2 rings (SSSR count). The maximum Gasteiger partial charge on any atom is 0.0951 e. The van der Waals surface area contributed by atoms with Crippen LogP contribution in [0.25, 0.3) is 0 Å². The van der Waals surface area contributed by atoms with Crippen molar-refractivity contribution in [2.24, 2.45) is 11.1 Å². The second-order valence-electron chi connectivity index (χ2n) is 6.81. The van der Waals surface area contributed by atoms with Gasteiger partial charge in [0.15, 0.2) is 0 Å². The SMILES string of the molecule is CC(C)n1cncc1C(CN)N1CCCC(C)(C)C1. The van der Waals surface area contributed by atoms with Crippen LogP contribution in [-0.4, -0.2) is 34.1 Å². The second-order valence-corrected chi connectivity index (χ2v) is 6.81. The number of aromatic nitrogens is 2. The lowest BCUT2D eigenvalue weighted by molar-refractivity contribution is 0.0772. The minimum Gasteiger partial charge on any atom is -0.331 e. The Morgan fingerprint density at radius 3 is 2.74 bits per heavy atom. The molecule has 1 atom stereocenters. The van der Waals surface area contributed by atoms with Crippen molar-refractivity contribution in [3.63, 3.8) is 0 Å². The molecule has 1 fully saturated rings. The fourth-order valence-electron chi connectivity index (χ4n) is 3.20. The van der Waals surface area contributed by atoms with Crippen LogP contribution in [0.4, 0.5) is 0 Å². The number of rotatable bonds is 4. The summed E-state index contributed by atoms with van der Waals surface area (Å²) in [4.78, 5) is 6.87. The molecule has 1 saturated heterocycles. The van der Waals surface area contributed by atoms with Gasteiger partial charge < -0.3 is 10.3 Å². The monoisotopic (exact) mass is 264 g/mol. The highest BCUT2D eigenvalue weighted by molar-refractivity contribution is 5.08. The van der Waals surface area contributed by atoms with Crippen LogP contribution in [-0.2, 0) is 0 Å². The molecule has 0 bridgehead atoms. The van der Waals surface area contributed by atoms with Gasteiger partial charge in [0.05, 0.1) is 18.1 Å². The summed E-state index contributed by atoms with van der Waals surface area (Å²) >= 11 is 0. The molecule has 1 aliphatic heterocycles. The van der Waals surface area contributed by atoms with Crippen molar-refractivity contribution in [2.75, 3.05) is 19.6 Å². The standard InChI is InChI=1S/C15H28N4/c1-12(2)19-11-17-9-14(19)13(8-16)18-7-5-6-15(3,4)10-18/h9,11-13H,5-8,10,16H2,1-4H3. The third-order valence-corrected chi connectivity index (χ3v) is 4.19. The van der Waals surface area contributed by atoms with Crippen molar-refractivity contribution >= 4 is 0 Å². The van der Waals surface area contributed by atoms with Crippen LogP contribution in [0.5, 0.6) is 0 Å². The zero-order valence-electron chi connectivity index (χ0n) is 12.8. The lowest BCUT2D eigenvalue weighted by Gasteiger charge is -2.42. The summed E-state index contributed by atoms with van der Waals surface area (Å²) in [5.74, 6) is 0. The Kier molecular flexibility index (Phi) is 4.31. The van der Waals surface area contributed by atoms with Gasteiger partial charge in [-0.15, -0.1) is 0 Å². The van der Waals surface area contributed by atoms with E-state index in [2.05, 4.69) is 42.1 Å². The minimum absolute atomic E-state index is 0.296. The van der Waals surface area contributed by atoms with E-state index in [-0.39, 0.29) is 0 Å². The zero-order valence-corrected chi connectivity index (χ0v) is 12.8. The molecule has 1 aromatic heterocycles. The topological polar surface area (TPSA) is 47.1 Å². The van der Waals surface area contributed by atoms with Gasteiger partial charge in [0.1, 0.15) is 0 Å². The first kappa shape index (κ1) is 14.5. The van der Waals surface area contributed by atoms with Crippen LogP contribution in [0.3, 0.4) is 0 Å². The van der Waals surface area contributed by atoms with E-state index in [1.54, 1.807) is 0 Å². The van der Waals surface area contributed by atoms with Gasteiger partial charge in [0.2, 0.25) is 0 Å². The molecule has 0 aromatic carbocycles. The Morgan fingerprint density at radius 2 is 2.16 bits per heavy atom. The van der Waals surface area contributed by atoms with E-state index in [1.165, 1.54) is 18.5 Å². The number of imidazole rings is 1. The van der Waals surface area contributed by atoms with E-state index in [0.29, 0.717) is 24.0 Å². The van der Waals surface area contributed by atoms with Gasteiger partial charge in [0, 0.05) is 25.3 Å². The number of hydrogen-bond donors (Lipinski definition) is 1. The van der Waals surface area contributed by atoms with E-state index in [4.69, 9.17) is 5.73 Å². The van der Waals surface area contributed by atoms with Crippen LogP contribution < -0.4 is 5.73 Å². The molecule has 0 aliphatic carbocycles. The molecule has 19 heavy (non-hydrogen) atoms. The molecule has 4 nitrogen and oxygen atoms in total. The predicted molar refractivity (Wildman–Crippen MR) is 79.0 cm³/mol. The van der Waals surface area contributed by atoms with E-state index < -0.39 is 0 Å². The first-order chi connectivity index (χ1) is 8.94. The van der Waals surface area contributed by atoms with E-state index >= 15 is 0 Å². The lowest BCUT2D eigenvalue weighted by atomic mass is 9.83. The molecule has 4 heteroatoms. The Morgan fingerprint density at radius 1 is 1.42 bits per heavy atom. The highest BCUT2D eigenvalue weighted by atomic mass is 15.2. The third kappa shape index (κ3) is 3.18. The normalized spacial score (nSPS) is 21.8. The van der Waals surface area contributed by atoms with Crippen LogP contribution in [0.15, 0.2) is 12.5 Å². The average Bonchev–Trinajstić information content (AvgIpc) is 2.78. The van der Waals surface area contributed by atoms with Crippen molar-refractivity contribution in [1.29, 1.82) is 0 Å². The van der Waals surface area contributed by atoms with Crippen molar-refractivity contribution in [2.45, 2.75) is 52.6 Å². The molecule has 0 amide bonds. The van der Waals surface area contributed by atoms with E-state index in [0.717, 1.165) is 13.1 Å². The maximum absolute atomic E-state index is 6.07. The Balaban J connectivity index is 2.22. The molecular weight excluding hydrogens is 236 g/mol. The Labute approximate surface area is 117 Å². The quantitative estimate of drug-likeness (QED) is 0.909. The Bertz CT molecular complexity index is 408.